The van der Waals surface area contributed by atoms with Crippen molar-refractivity contribution in [3.8, 4) is 6.07 Å². The summed E-state index contributed by atoms with van der Waals surface area (Å²) in [6.45, 7) is 2.03. The van der Waals surface area contributed by atoms with E-state index in [1.54, 1.807) is 24.3 Å². The van der Waals surface area contributed by atoms with Crippen LogP contribution in [0.15, 0.2) is 47.6 Å². The van der Waals surface area contributed by atoms with E-state index in [0.717, 1.165) is 16.2 Å². The zero-order valence-electron chi connectivity index (χ0n) is 12.0. The Kier molecular flexibility index (Phi) is 3.94. The molecule has 0 radical (unpaired) electrons. The molecule has 0 aliphatic rings. The van der Waals surface area contributed by atoms with Gasteiger partial charge in [0.1, 0.15) is 0 Å². The van der Waals surface area contributed by atoms with Gasteiger partial charge in [-0.3, -0.25) is 4.79 Å². The number of Topliss-reactive ketones (excluding diaryl/α,β-unsaturated/α-hetero) is 1. The van der Waals surface area contributed by atoms with Gasteiger partial charge in [0.25, 0.3) is 0 Å². The topological polar surface area (TPSA) is 69.5 Å². The van der Waals surface area contributed by atoms with Gasteiger partial charge in [0.2, 0.25) is 0 Å². The number of ketones is 1. The lowest BCUT2D eigenvalue weighted by molar-refractivity contribution is 0.102. The molecule has 108 valence electrons. The van der Waals surface area contributed by atoms with Gasteiger partial charge in [0, 0.05) is 5.56 Å². The lowest BCUT2D eigenvalue weighted by atomic mass is 10.1. The van der Waals surface area contributed by atoms with Crippen LogP contribution in [0.1, 0.15) is 21.5 Å². The van der Waals surface area contributed by atoms with Gasteiger partial charge in [-0.15, -0.1) is 0 Å². The van der Waals surface area contributed by atoms with Crippen molar-refractivity contribution >= 4 is 28.6 Å². The summed E-state index contributed by atoms with van der Waals surface area (Å²) in [6.07, 6.45) is 0. The van der Waals surface area contributed by atoms with Crippen molar-refractivity contribution in [3.05, 3.63) is 59.2 Å². The number of imidazole rings is 1. The average Bonchev–Trinajstić information content (AvgIpc) is 2.94. The lowest BCUT2D eigenvalue weighted by Gasteiger charge is -1.99. The minimum atomic E-state index is 0.0196. The molecule has 3 rings (SSSR count). The molecule has 0 bridgehead atoms. The first-order valence-corrected chi connectivity index (χ1v) is 7.77. The maximum absolute atomic E-state index is 12.1. The van der Waals surface area contributed by atoms with E-state index in [-0.39, 0.29) is 5.78 Å². The summed E-state index contributed by atoms with van der Waals surface area (Å²) in [4.78, 5) is 19.8. The SMILES string of the molecule is Cc1ccc2nc(SCC(=O)c3ccc(C#N)cc3)[nH]c2c1. The van der Waals surface area contributed by atoms with Crippen LogP contribution in [0.2, 0.25) is 0 Å². The van der Waals surface area contributed by atoms with E-state index in [9.17, 15) is 4.79 Å². The van der Waals surface area contributed by atoms with E-state index in [1.807, 2.05) is 31.2 Å². The summed E-state index contributed by atoms with van der Waals surface area (Å²) < 4.78 is 0. The van der Waals surface area contributed by atoms with Crippen LogP contribution in [-0.4, -0.2) is 21.5 Å². The van der Waals surface area contributed by atoms with Gasteiger partial charge in [-0.25, -0.2) is 4.98 Å². The highest BCUT2D eigenvalue weighted by Gasteiger charge is 2.09. The Morgan fingerprint density at radius 3 is 2.77 bits per heavy atom. The smallest absolute Gasteiger partial charge is 0.173 e. The number of hydrogen-bond donors (Lipinski definition) is 1. The highest BCUT2D eigenvalue weighted by atomic mass is 32.2. The number of aromatic nitrogens is 2. The molecular formula is C17H13N3OS. The lowest BCUT2D eigenvalue weighted by Crippen LogP contribution is -2.02. The number of carbonyl (C=O) groups is 1. The predicted octanol–water partition coefficient (Wildman–Crippen LogP) is 3.72. The molecule has 4 nitrogen and oxygen atoms in total. The maximum atomic E-state index is 12.1. The molecule has 0 aliphatic carbocycles. The molecule has 0 saturated heterocycles. The van der Waals surface area contributed by atoms with Crippen LogP contribution < -0.4 is 0 Å². The number of thioether (sulfide) groups is 1. The molecule has 0 fully saturated rings. The molecule has 22 heavy (non-hydrogen) atoms. The fourth-order valence-electron chi connectivity index (χ4n) is 2.12. The van der Waals surface area contributed by atoms with Crippen LogP contribution in [0.4, 0.5) is 0 Å². The monoisotopic (exact) mass is 307 g/mol. The fourth-order valence-corrected chi connectivity index (χ4v) is 2.90. The van der Waals surface area contributed by atoms with Crippen molar-refractivity contribution < 1.29 is 4.79 Å². The average molecular weight is 307 g/mol. The Balaban J connectivity index is 1.70. The van der Waals surface area contributed by atoms with Crippen molar-refractivity contribution in [1.29, 1.82) is 5.26 Å². The van der Waals surface area contributed by atoms with Crippen LogP contribution >= 0.6 is 11.8 Å². The molecule has 0 aliphatic heterocycles. The third-order valence-corrected chi connectivity index (χ3v) is 4.16. The standard InChI is InChI=1S/C17H13N3OS/c1-11-2-7-14-15(8-11)20-17(19-14)22-10-16(21)13-5-3-12(9-18)4-6-13/h2-8H,10H2,1H3,(H,19,20). The fraction of sp³-hybridized carbons (Fsp3) is 0.118. The van der Waals surface area contributed by atoms with E-state index in [1.165, 1.54) is 17.3 Å². The molecule has 1 heterocycles. The number of aromatic amines is 1. The molecule has 0 atom stereocenters. The number of nitrogens with zero attached hydrogens (tertiary/aromatic N) is 2. The Labute approximate surface area is 132 Å². The second-order valence-electron chi connectivity index (χ2n) is 4.96. The molecule has 2 aromatic carbocycles. The summed E-state index contributed by atoms with van der Waals surface area (Å²) in [5, 5.41) is 9.49. The van der Waals surface area contributed by atoms with Gasteiger partial charge in [-0.2, -0.15) is 5.26 Å². The van der Waals surface area contributed by atoms with Crippen molar-refractivity contribution in [2.75, 3.05) is 5.75 Å². The number of benzene rings is 2. The highest BCUT2D eigenvalue weighted by Crippen LogP contribution is 2.21. The zero-order chi connectivity index (χ0) is 15.5. The normalized spacial score (nSPS) is 10.5. The van der Waals surface area contributed by atoms with E-state index in [0.29, 0.717) is 16.9 Å². The third kappa shape index (κ3) is 3.02. The van der Waals surface area contributed by atoms with E-state index in [2.05, 4.69) is 9.97 Å². The molecular weight excluding hydrogens is 294 g/mol. The van der Waals surface area contributed by atoms with E-state index < -0.39 is 0 Å². The minimum Gasteiger partial charge on any atom is -0.333 e. The van der Waals surface area contributed by atoms with Crippen LogP contribution in [0.5, 0.6) is 0 Å². The maximum Gasteiger partial charge on any atom is 0.173 e. The summed E-state index contributed by atoms with van der Waals surface area (Å²) in [5.41, 5.74) is 4.21. The number of nitriles is 1. The molecule has 1 aromatic heterocycles. The van der Waals surface area contributed by atoms with Crippen LogP contribution in [0, 0.1) is 18.3 Å². The Hall–Kier alpha value is -2.58. The molecule has 1 N–H and O–H groups in total. The Bertz CT molecular complexity index is 875. The summed E-state index contributed by atoms with van der Waals surface area (Å²) in [6, 6.07) is 14.7. The number of H-pyrrole nitrogens is 1. The molecule has 0 amide bonds. The number of carbonyl (C=O) groups excluding carboxylic acids is 1. The van der Waals surface area contributed by atoms with Crippen LogP contribution in [-0.2, 0) is 0 Å². The number of hydrogen-bond acceptors (Lipinski definition) is 4. The highest BCUT2D eigenvalue weighted by molar-refractivity contribution is 7.99. The van der Waals surface area contributed by atoms with Gasteiger partial charge in [-0.05, 0) is 36.8 Å². The first-order chi connectivity index (χ1) is 10.7. The van der Waals surface area contributed by atoms with E-state index >= 15 is 0 Å². The quantitative estimate of drug-likeness (QED) is 0.589. The summed E-state index contributed by atoms with van der Waals surface area (Å²) in [5.74, 6) is 0.330. The van der Waals surface area contributed by atoms with Crippen molar-refractivity contribution in [3.63, 3.8) is 0 Å². The second kappa shape index (κ2) is 6.04. The van der Waals surface area contributed by atoms with Crippen molar-refractivity contribution in [2.24, 2.45) is 0 Å². The number of aryl methyl sites for hydroxylation is 1. The third-order valence-electron chi connectivity index (χ3n) is 3.29. The predicted molar refractivity (Wildman–Crippen MR) is 87.0 cm³/mol. The van der Waals surface area contributed by atoms with E-state index in [4.69, 9.17) is 5.26 Å². The number of rotatable bonds is 4. The number of nitrogens with one attached hydrogen (secondary N) is 1. The van der Waals surface area contributed by atoms with Crippen molar-refractivity contribution in [2.45, 2.75) is 12.1 Å². The van der Waals surface area contributed by atoms with Crippen LogP contribution in [0.3, 0.4) is 0 Å². The van der Waals surface area contributed by atoms with Gasteiger partial charge < -0.3 is 4.98 Å². The summed E-state index contributed by atoms with van der Waals surface area (Å²) >= 11 is 1.38. The second-order valence-corrected chi connectivity index (χ2v) is 5.93. The number of fused-ring (bicyclic) bond motifs is 1. The largest absolute Gasteiger partial charge is 0.333 e. The molecule has 5 heteroatoms. The van der Waals surface area contributed by atoms with Gasteiger partial charge >= 0.3 is 0 Å². The first-order valence-electron chi connectivity index (χ1n) is 6.78. The van der Waals surface area contributed by atoms with Crippen LogP contribution in [0.25, 0.3) is 11.0 Å². The molecule has 0 saturated carbocycles. The molecule has 3 aromatic rings. The Morgan fingerprint density at radius 1 is 1.27 bits per heavy atom. The van der Waals surface area contributed by atoms with Gasteiger partial charge in [0.15, 0.2) is 10.9 Å². The zero-order valence-corrected chi connectivity index (χ0v) is 12.8. The summed E-state index contributed by atoms with van der Waals surface area (Å²) in [7, 11) is 0. The molecule has 0 unspecified atom stereocenters. The van der Waals surface area contributed by atoms with Gasteiger partial charge in [0.05, 0.1) is 28.4 Å². The first kappa shape index (κ1) is 14.4. The van der Waals surface area contributed by atoms with Crippen molar-refractivity contribution in [1.82, 2.24) is 9.97 Å². The molecule has 0 spiro atoms. The van der Waals surface area contributed by atoms with Gasteiger partial charge in [-0.1, -0.05) is 30.0 Å². The minimum absolute atomic E-state index is 0.0196. The Morgan fingerprint density at radius 2 is 2.05 bits per heavy atom.